The number of carbonyl (C=O) groups is 2. The number of sulfonamides is 2. The minimum Gasteiger partial charge on any atom is -0.258 e. The van der Waals surface area contributed by atoms with Crippen molar-refractivity contribution in [3.8, 4) is 0 Å². The highest BCUT2D eigenvalue weighted by Crippen LogP contribution is 2.24. The van der Waals surface area contributed by atoms with Crippen LogP contribution in [0.25, 0.3) is 0 Å². The molecule has 0 atom stereocenters. The molecule has 0 fully saturated rings. The lowest BCUT2D eigenvalue weighted by atomic mass is 10.2. The van der Waals surface area contributed by atoms with Crippen LogP contribution in [0.3, 0.4) is 0 Å². The van der Waals surface area contributed by atoms with E-state index in [4.69, 9.17) is 0 Å². The summed E-state index contributed by atoms with van der Waals surface area (Å²) in [4.78, 5) is 25.0. The fourth-order valence-corrected chi connectivity index (χ4v) is 5.19. The van der Waals surface area contributed by atoms with Gasteiger partial charge < -0.3 is 0 Å². The molecule has 3 aromatic rings. The molecule has 34 heavy (non-hydrogen) atoms. The molecule has 0 radical (unpaired) electrons. The third-order valence-electron chi connectivity index (χ3n) is 4.79. The molecule has 3 rings (SSSR count). The first-order valence-corrected chi connectivity index (χ1v) is 13.0. The van der Waals surface area contributed by atoms with Gasteiger partial charge in [-0.3, -0.25) is 5.32 Å². The summed E-state index contributed by atoms with van der Waals surface area (Å²) in [5.41, 5.74) is 2.41. The van der Waals surface area contributed by atoms with Crippen LogP contribution < -0.4 is 14.3 Å². The highest BCUT2D eigenvalue weighted by Gasteiger charge is 2.33. The highest BCUT2D eigenvalue weighted by atomic mass is 32.2. The topological polar surface area (TPSA) is 130 Å². The monoisotopic (exact) mass is 501 g/mol. The van der Waals surface area contributed by atoms with E-state index in [1.54, 1.807) is 67.2 Å². The van der Waals surface area contributed by atoms with Gasteiger partial charge in [-0.2, -0.15) is 4.31 Å². The second kappa shape index (κ2) is 9.65. The van der Waals surface area contributed by atoms with Gasteiger partial charge in [0.05, 0.1) is 15.5 Å². The first-order chi connectivity index (χ1) is 15.9. The number of amides is 4. The van der Waals surface area contributed by atoms with E-state index in [9.17, 15) is 26.4 Å². The first kappa shape index (κ1) is 24.9. The Labute approximate surface area is 198 Å². The van der Waals surface area contributed by atoms with E-state index in [1.165, 1.54) is 36.4 Å². The number of imide groups is 1. The van der Waals surface area contributed by atoms with E-state index in [0.717, 1.165) is 16.7 Å². The van der Waals surface area contributed by atoms with Gasteiger partial charge in [-0.05, 0) is 57.2 Å². The predicted molar refractivity (Wildman–Crippen MR) is 127 cm³/mol. The van der Waals surface area contributed by atoms with Gasteiger partial charge in [0, 0.05) is 0 Å². The lowest BCUT2D eigenvalue weighted by Crippen LogP contribution is -2.50. The molecule has 4 amide bonds. The van der Waals surface area contributed by atoms with Crippen molar-refractivity contribution in [3.05, 3.63) is 89.5 Å². The molecular weight excluding hydrogens is 478 g/mol. The Morgan fingerprint density at radius 2 is 1.06 bits per heavy atom. The lowest BCUT2D eigenvalue weighted by molar-refractivity contribution is 0.235. The molecule has 0 aliphatic carbocycles. The van der Waals surface area contributed by atoms with Crippen LogP contribution in [0.4, 0.5) is 15.3 Å². The van der Waals surface area contributed by atoms with Crippen molar-refractivity contribution in [3.63, 3.8) is 0 Å². The van der Waals surface area contributed by atoms with Crippen LogP contribution >= 0.6 is 0 Å². The van der Waals surface area contributed by atoms with Crippen molar-refractivity contribution in [2.45, 2.75) is 30.6 Å². The number of nitrogens with zero attached hydrogens (tertiary/aromatic N) is 1. The summed E-state index contributed by atoms with van der Waals surface area (Å²) in [6.07, 6.45) is 0. The number of urea groups is 2. The zero-order chi connectivity index (χ0) is 25.1. The molecule has 0 aliphatic rings. The molecule has 0 unspecified atom stereocenters. The Balaban J connectivity index is 1.91. The number of benzene rings is 3. The summed E-state index contributed by atoms with van der Waals surface area (Å²) in [6, 6.07) is 14.8. The predicted octanol–water partition coefficient (Wildman–Crippen LogP) is 3.62. The minimum atomic E-state index is -4.44. The molecule has 0 spiro atoms. The highest BCUT2D eigenvalue weighted by molar-refractivity contribution is 7.93. The van der Waals surface area contributed by atoms with E-state index < -0.39 is 32.1 Å². The zero-order valence-electron chi connectivity index (χ0n) is 18.6. The lowest BCUT2D eigenvalue weighted by Gasteiger charge is -2.23. The fraction of sp³-hybridized carbons (Fsp3) is 0.130. The van der Waals surface area contributed by atoms with E-state index >= 15 is 0 Å². The van der Waals surface area contributed by atoms with Gasteiger partial charge >= 0.3 is 12.1 Å². The number of hydrogen-bond acceptors (Lipinski definition) is 6. The molecular formula is C23H23N3O6S2. The molecule has 0 bridgehead atoms. The van der Waals surface area contributed by atoms with Crippen LogP contribution in [0.1, 0.15) is 16.7 Å². The van der Waals surface area contributed by atoms with Gasteiger partial charge in [-0.25, -0.2) is 31.1 Å². The Hall–Kier alpha value is -3.70. The Morgan fingerprint density at radius 1 is 0.647 bits per heavy atom. The molecule has 3 aromatic carbocycles. The third-order valence-corrected chi connectivity index (χ3v) is 7.86. The Morgan fingerprint density at radius 3 is 1.53 bits per heavy atom. The normalized spacial score (nSPS) is 11.5. The van der Waals surface area contributed by atoms with Crippen LogP contribution in [0, 0.1) is 20.8 Å². The molecule has 9 nitrogen and oxygen atoms in total. The number of aryl methyl sites for hydroxylation is 3. The van der Waals surface area contributed by atoms with Crippen molar-refractivity contribution in [1.82, 2.24) is 10.0 Å². The van der Waals surface area contributed by atoms with E-state index in [1.807, 2.05) is 0 Å². The molecule has 0 aliphatic heterocycles. The molecule has 178 valence electrons. The summed E-state index contributed by atoms with van der Waals surface area (Å²) in [7, 11) is -8.73. The number of anilines is 1. The van der Waals surface area contributed by atoms with Crippen molar-refractivity contribution >= 4 is 37.8 Å². The standard InChI is InChI=1S/C23H23N3O6S2/c1-16-4-10-19(11-5-16)26(34(31,32)21-14-8-18(3)9-15-21)23(28)24-22(27)25-33(29,30)20-12-6-17(2)7-13-20/h4-15H,1-3H3,(H2,24,25,27,28). The van der Waals surface area contributed by atoms with Gasteiger partial charge in [0.25, 0.3) is 20.0 Å². The Bertz CT molecular complexity index is 1420. The average molecular weight is 502 g/mol. The molecule has 0 saturated carbocycles. The van der Waals surface area contributed by atoms with Crippen molar-refractivity contribution in [2.24, 2.45) is 0 Å². The fourth-order valence-electron chi connectivity index (χ4n) is 2.93. The van der Waals surface area contributed by atoms with Crippen LogP contribution in [0.2, 0.25) is 0 Å². The summed E-state index contributed by atoms with van der Waals surface area (Å²) in [5.74, 6) is 0. The minimum absolute atomic E-state index is 0.0298. The van der Waals surface area contributed by atoms with Gasteiger partial charge in [-0.15, -0.1) is 0 Å². The van der Waals surface area contributed by atoms with Crippen molar-refractivity contribution in [2.75, 3.05) is 4.31 Å². The maximum absolute atomic E-state index is 13.3. The van der Waals surface area contributed by atoms with Crippen molar-refractivity contribution in [1.29, 1.82) is 0 Å². The molecule has 0 heterocycles. The van der Waals surface area contributed by atoms with E-state index in [0.29, 0.717) is 4.31 Å². The molecule has 0 aromatic heterocycles. The summed E-state index contributed by atoms with van der Waals surface area (Å²) >= 11 is 0. The summed E-state index contributed by atoms with van der Waals surface area (Å²) < 4.78 is 53.6. The maximum atomic E-state index is 13.3. The SMILES string of the molecule is Cc1ccc(N(C(=O)NC(=O)NS(=O)(=O)c2ccc(C)cc2)S(=O)(=O)c2ccc(C)cc2)cc1. The van der Waals surface area contributed by atoms with Crippen LogP contribution in [0.5, 0.6) is 0 Å². The molecule has 11 heteroatoms. The first-order valence-electron chi connectivity index (χ1n) is 10.0. The van der Waals surface area contributed by atoms with Gasteiger partial charge in [0.1, 0.15) is 0 Å². The Kier molecular flexibility index (Phi) is 7.08. The van der Waals surface area contributed by atoms with Gasteiger partial charge in [0.2, 0.25) is 0 Å². The number of hydrogen-bond donors (Lipinski definition) is 2. The number of nitrogens with one attached hydrogen (secondary N) is 2. The number of rotatable bonds is 5. The molecule has 2 N–H and O–H groups in total. The summed E-state index contributed by atoms with van der Waals surface area (Å²) in [5, 5.41) is 1.80. The number of carbonyl (C=O) groups excluding carboxylic acids is 2. The van der Waals surface area contributed by atoms with Crippen molar-refractivity contribution < 1.29 is 26.4 Å². The van der Waals surface area contributed by atoms with Crippen LogP contribution in [-0.2, 0) is 20.0 Å². The van der Waals surface area contributed by atoms with Crippen LogP contribution in [-0.4, -0.2) is 28.9 Å². The third kappa shape index (κ3) is 5.61. The van der Waals surface area contributed by atoms with E-state index in [-0.39, 0.29) is 15.5 Å². The average Bonchev–Trinajstić information content (AvgIpc) is 2.75. The maximum Gasteiger partial charge on any atom is 0.344 e. The smallest absolute Gasteiger partial charge is 0.258 e. The van der Waals surface area contributed by atoms with E-state index in [2.05, 4.69) is 0 Å². The second-order valence-electron chi connectivity index (χ2n) is 7.60. The van der Waals surface area contributed by atoms with Gasteiger partial charge in [0.15, 0.2) is 0 Å². The van der Waals surface area contributed by atoms with Gasteiger partial charge in [-0.1, -0.05) is 53.1 Å². The second-order valence-corrected chi connectivity index (χ2v) is 11.1. The molecule has 0 saturated heterocycles. The largest absolute Gasteiger partial charge is 0.344 e. The summed E-state index contributed by atoms with van der Waals surface area (Å²) in [6.45, 7) is 5.33. The quantitative estimate of drug-likeness (QED) is 0.549. The van der Waals surface area contributed by atoms with Crippen LogP contribution in [0.15, 0.2) is 82.6 Å². The zero-order valence-corrected chi connectivity index (χ0v) is 20.3.